The number of hydrogen-bond acceptors (Lipinski definition) is 7. The molecule has 0 aliphatic heterocycles. The minimum absolute atomic E-state index is 0.701. The first kappa shape index (κ1) is 13.2. The average Bonchev–Trinajstić information content (AvgIpc) is 2.75. The van der Waals surface area contributed by atoms with Gasteiger partial charge in [-0.05, 0) is 26.3 Å². The number of nitrogens with zero attached hydrogens (tertiary/aromatic N) is 4. The highest BCUT2D eigenvalue weighted by molar-refractivity contribution is 8.01. The fourth-order valence-corrected chi connectivity index (χ4v) is 3.13. The molecule has 0 aromatic carbocycles. The first-order chi connectivity index (χ1) is 8.74. The Morgan fingerprint density at radius 2 is 2.22 bits per heavy atom. The Hall–Kier alpha value is -1.21. The molecule has 0 amide bonds. The van der Waals surface area contributed by atoms with Crippen molar-refractivity contribution in [3.8, 4) is 0 Å². The van der Waals surface area contributed by atoms with E-state index in [0.717, 1.165) is 33.8 Å². The molecule has 2 heterocycles. The highest BCUT2D eigenvalue weighted by Crippen LogP contribution is 2.22. The smallest absolute Gasteiger partial charge is 0.222 e. The van der Waals surface area contributed by atoms with Crippen molar-refractivity contribution in [2.75, 3.05) is 17.6 Å². The lowest BCUT2D eigenvalue weighted by molar-refractivity contribution is 0.948. The van der Waals surface area contributed by atoms with E-state index in [4.69, 9.17) is 0 Å². The number of aromatic nitrogens is 4. The van der Waals surface area contributed by atoms with Crippen molar-refractivity contribution in [1.82, 2.24) is 20.2 Å². The van der Waals surface area contributed by atoms with Crippen LogP contribution in [0.4, 0.5) is 5.95 Å². The monoisotopic (exact) mass is 281 g/mol. The topological polar surface area (TPSA) is 63.6 Å². The summed E-state index contributed by atoms with van der Waals surface area (Å²) in [5, 5.41) is 12.3. The van der Waals surface area contributed by atoms with Crippen molar-refractivity contribution in [3.63, 3.8) is 0 Å². The summed E-state index contributed by atoms with van der Waals surface area (Å²) in [5.74, 6) is 1.72. The van der Waals surface area contributed by atoms with Crippen LogP contribution in [0.25, 0.3) is 0 Å². The molecule has 0 bridgehead atoms. The minimum atomic E-state index is 0.701. The third-order valence-electron chi connectivity index (χ3n) is 2.13. The molecule has 0 radical (unpaired) electrons. The van der Waals surface area contributed by atoms with Crippen LogP contribution in [0, 0.1) is 13.8 Å². The maximum Gasteiger partial charge on any atom is 0.222 e. The van der Waals surface area contributed by atoms with Crippen molar-refractivity contribution in [2.24, 2.45) is 0 Å². The van der Waals surface area contributed by atoms with Gasteiger partial charge in [-0.2, -0.15) is 0 Å². The van der Waals surface area contributed by atoms with Gasteiger partial charge in [0.05, 0.1) is 0 Å². The Bertz CT molecular complexity index is 500. The molecule has 2 rings (SSSR count). The Labute approximate surface area is 114 Å². The first-order valence-corrected chi connectivity index (χ1v) is 7.50. The fraction of sp³-hybridized carbons (Fsp3) is 0.455. The molecule has 7 heteroatoms. The summed E-state index contributed by atoms with van der Waals surface area (Å²) < 4.78 is 1.04. The summed E-state index contributed by atoms with van der Waals surface area (Å²) in [6, 6.07) is 1.89. The van der Waals surface area contributed by atoms with Crippen LogP contribution in [0.5, 0.6) is 0 Å². The lowest BCUT2D eigenvalue weighted by atomic mass is 10.4. The van der Waals surface area contributed by atoms with Crippen molar-refractivity contribution < 1.29 is 0 Å². The first-order valence-electron chi connectivity index (χ1n) is 5.70. The van der Waals surface area contributed by atoms with Gasteiger partial charge in [0.15, 0.2) is 4.34 Å². The number of nitrogens with one attached hydrogen (secondary N) is 1. The molecule has 2 aromatic rings. The predicted octanol–water partition coefficient (Wildman–Crippen LogP) is 2.54. The van der Waals surface area contributed by atoms with E-state index in [1.54, 1.807) is 29.3 Å². The van der Waals surface area contributed by atoms with Gasteiger partial charge < -0.3 is 5.32 Å². The summed E-state index contributed by atoms with van der Waals surface area (Å²) in [7, 11) is 0. The quantitative estimate of drug-likeness (QED) is 0.648. The second-order valence-corrected chi connectivity index (χ2v) is 6.26. The molecule has 2 aromatic heterocycles. The summed E-state index contributed by atoms with van der Waals surface area (Å²) in [4.78, 5) is 8.43. The summed E-state index contributed by atoms with van der Waals surface area (Å²) in [5.41, 5.74) is 0.978. The molecule has 0 atom stereocenters. The Balaban J connectivity index is 1.64. The molecule has 1 N–H and O–H groups in total. The maximum absolute atomic E-state index is 4.28. The Morgan fingerprint density at radius 3 is 2.94 bits per heavy atom. The number of rotatable bonds is 6. The minimum Gasteiger partial charge on any atom is -0.354 e. The van der Waals surface area contributed by atoms with Crippen molar-refractivity contribution in [2.45, 2.75) is 24.6 Å². The number of hydrogen-bond donors (Lipinski definition) is 1. The number of thioether (sulfide) groups is 1. The average molecular weight is 281 g/mol. The van der Waals surface area contributed by atoms with Gasteiger partial charge in [-0.1, -0.05) is 23.1 Å². The van der Waals surface area contributed by atoms with Crippen LogP contribution in [0.1, 0.15) is 17.1 Å². The van der Waals surface area contributed by atoms with Crippen molar-refractivity contribution >= 4 is 29.0 Å². The van der Waals surface area contributed by atoms with Gasteiger partial charge in [0.2, 0.25) is 5.95 Å². The molecule has 0 spiro atoms. The van der Waals surface area contributed by atoms with Gasteiger partial charge in [-0.25, -0.2) is 9.97 Å². The standard InChI is InChI=1S/C11H15N5S2/c1-8-4-6-13-10(14-8)12-5-3-7-17-11-16-15-9(2)18-11/h4,6H,3,5,7H2,1-2H3,(H,12,13,14). The SMILES string of the molecule is Cc1ccnc(NCCCSc2nnc(C)s2)n1. The third kappa shape index (κ3) is 4.23. The van der Waals surface area contributed by atoms with Crippen molar-refractivity contribution in [3.05, 3.63) is 23.0 Å². The predicted molar refractivity (Wildman–Crippen MR) is 75.2 cm³/mol. The fourth-order valence-electron chi connectivity index (χ4n) is 1.30. The highest BCUT2D eigenvalue weighted by atomic mass is 32.2. The molecule has 0 fully saturated rings. The van der Waals surface area contributed by atoms with Gasteiger partial charge in [0.25, 0.3) is 0 Å². The van der Waals surface area contributed by atoms with E-state index in [9.17, 15) is 0 Å². The molecule has 0 unspecified atom stereocenters. The Morgan fingerprint density at radius 1 is 1.33 bits per heavy atom. The lowest BCUT2D eigenvalue weighted by Crippen LogP contribution is -2.06. The van der Waals surface area contributed by atoms with E-state index in [0.29, 0.717) is 5.95 Å². The zero-order chi connectivity index (χ0) is 12.8. The summed E-state index contributed by atoms with van der Waals surface area (Å²) in [6.07, 6.45) is 2.81. The second kappa shape index (κ2) is 6.65. The molecule has 0 aliphatic carbocycles. The van der Waals surface area contributed by atoms with Gasteiger partial charge in [0, 0.05) is 24.2 Å². The third-order valence-corrected chi connectivity index (χ3v) is 4.19. The van der Waals surface area contributed by atoms with Crippen molar-refractivity contribution in [1.29, 1.82) is 0 Å². The van der Waals surface area contributed by atoms with Crippen LogP contribution < -0.4 is 5.32 Å². The second-order valence-electron chi connectivity index (χ2n) is 3.74. The van der Waals surface area contributed by atoms with E-state index in [-0.39, 0.29) is 0 Å². The van der Waals surface area contributed by atoms with E-state index in [1.165, 1.54) is 0 Å². The van der Waals surface area contributed by atoms with Gasteiger partial charge >= 0.3 is 0 Å². The molecule has 0 aliphatic rings. The van der Waals surface area contributed by atoms with Crippen LogP contribution in [0.2, 0.25) is 0 Å². The molecule has 0 saturated carbocycles. The summed E-state index contributed by atoms with van der Waals surface area (Å²) in [6.45, 7) is 4.80. The van der Waals surface area contributed by atoms with Crippen LogP contribution in [-0.2, 0) is 0 Å². The molecule has 0 saturated heterocycles. The van der Waals surface area contributed by atoms with E-state index in [1.807, 2.05) is 19.9 Å². The molecule has 5 nitrogen and oxygen atoms in total. The van der Waals surface area contributed by atoms with Crippen LogP contribution in [0.15, 0.2) is 16.6 Å². The molecular weight excluding hydrogens is 266 g/mol. The molecular formula is C11H15N5S2. The van der Waals surface area contributed by atoms with Crippen LogP contribution >= 0.6 is 23.1 Å². The van der Waals surface area contributed by atoms with Gasteiger partial charge in [0.1, 0.15) is 5.01 Å². The zero-order valence-electron chi connectivity index (χ0n) is 10.4. The lowest BCUT2D eigenvalue weighted by Gasteiger charge is -2.03. The summed E-state index contributed by atoms with van der Waals surface area (Å²) >= 11 is 3.38. The largest absolute Gasteiger partial charge is 0.354 e. The van der Waals surface area contributed by atoms with Crippen LogP contribution in [-0.4, -0.2) is 32.5 Å². The number of anilines is 1. The van der Waals surface area contributed by atoms with Gasteiger partial charge in [-0.15, -0.1) is 10.2 Å². The van der Waals surface area contributed by atoms with E-state index in [2.05, 4.69) is 25.5 Å². The Kier molecular flexibility index (Phi) is 4.89. The number of aryl methyl sites for hydroxylation is 2. The van der Waals surface area contributed by atoms with E-state index < -0.39 is 0 Å². The zero-order valence-corrected chi connectivity index (χ0v) is 12.0. The van der Waals surface area contributed by atoms with Gasteiger partial charge in [-0.3, -0.25) is 0 Å². The van der Waals surface area contributed by atoms with Crippen LogP contribution in [0.3, 0.4) is 0 Å². The maximum atomic E-state index is 4.28. The molecule has 96 valence electrons. The molecule has 18 heavy (non-hydrogen) atoms. The normalized spacial score (nSPS) is 10.6. The highest BCUT2D eigenvalue weighted by Gasteiger charge is 2.01. The van der Waals surface area contributed by atoms with E-state index >= 15 is 0 Å².